The van der Waals surface area contributed by atoms with E-state index in [1.54, 1.807) is 10.6 Å². The Hall–Kier alpha value is 0.554. The van der Waals surface area contributed by atoms with Gasteiger partial charge in [-0.15, -0.1) is 0 Å². The zero-order valence-corrected chi connectivity index (χ0v) is 22.8. The van der Waals surface area contributed by atoms with Crippen molar-refractivity contribution in [2.24, 2.45) is 0 Å². The third kappa shape index (κ3) is 12.0. The third-order valence-corrected chi connectivity index (χ3v) is 11.3. The van der Waals surface area contributed by atoms with Gasteiger partial charge in [-0.1, -0.05) is 96.4 Å². The van der Waals surface area contributed by atoms with Crippen LogP contribution in [0.4, 0.5) is 17.3 Å². The normalized spacial score (nSPS) is 23.3. The SMILES string of the molecule is C=CP1CCPc2ccccc2PCC1.C[C]1[C](C)[C](C)[C](C)[C]1C.F[B-](F)(F)F.[Fe+2]. The van der Waals surface area contributed by atoms with Crippen LogP contribution in [0.3, 0.4) is 0 Å². The van der Waals surface area contributed by atoms with Crippen LogP contribution in [-0.4, -0.2) is 31.9 Å². The minimum absolute atomic E-state index is 0. The van der Waals surface area contributed by atoms with E-state index < -0.39 is 7.25 Å². The molecule has 2 aliphatic rings. The van der Waals surface area contributed by atoms with Crippen LogP contribution < -0.4 is 10.6 Å². The minimum atomic E-state index is -6.00. The van der Waals surface area contributed by atoms with Crippen LogP contribution in [0, 0.1) is 29.6 Å². The molecule has 0 nitrogen and oxygen atoms in total. The third-order valence-electron chi connectivity index (χ3n) is 5.43. The van der Waals surface area contributed by atoms with Crippen molar-refractivity contribution in [1.82, 2.24) is 0 Å². The van der Waals surface area contributed by atoms with Crippen molar-refractivity contribution in [3.05, 3.63) is 66.3 Å². The number of hydrogen-bond acceptors (Lipinski definition) is 0. The van der Waals surface area contributed by atoms with Gasteiger partial charge in [0.1, 0.15) is 0 Å². The minimum Gasteiger partial charge on any atom is -0.418 e. The first-order valence-corrected chi connectivity index (χ1v) is 14.2. The molecule has 0 aromatic heterocycles. The Balaban J connectivity index is 0.000000489. The summed E-state index contributed by atoms with van der Waals surface area (Å²) in [5.74, 6) is 9.56. The maximum absolute atomic E-state index is 9.75. The average molecular weight is 532 g/mol. The van der Waals surface area contributed by atoms with Crippen LogP contribution in [0.5, 0.6) is 0 Å². The second-order valence-corrected chi connectivity index (χ2v) is 12.5. The van der Waals surface area contributed by atoms with Gasteiger partial charge in [0.05, 0.1) is 0 Å². The van der Waals surface area contributed by atoms with E-state index >= 15 is 0 Å². The molecule has 9 heteroatoms. The number of fused-ring (bicyclic) bond motifs is 1. The van der Waals surface area contributed by atoms with Crippen molar-refractivity contribution in [2.75, 3.05) is 24.6 Å². The zero-order chi connectivity index (χ0) is 22.9. The monoisotopic (exact) mass is 532 g/mol. The quantitative estimate of drug-likeness (QED) is 0.204. The maximum Gasteiger partial charge on any atom is 2.00 e. The summed E-state index contributed by atoms with van der Waals surface area (Å²) in [5.41, 5.74) is 0. The molecule has 1 aromatic carbocycles. The van der Waals surface area contributed by atoms with Crippen LogP contribution in [0.2, 0.25) is 0 Å². The van der Waals surface area contributed by atoms with Crippen molar-refractivity contribution in [3.8, 4) is 0 Å². The standard InChI is InChI=1S/C12H17P3.C10H15.BF4.Fe/c1-2-15-9-7-13-11-5-3-4-6-12(11)14-8-10-15;1-6-7(2)9(4)10(5)8(6)3;2-1(3,4)5;/h2-6,13-14H,1,7-10H2;1-5H3;;/q;;-1;+2. The number of hydrogen-bond donors (Lipinski definition) is 0. The van der Waals surface area contributed by atoms with E-state index in [-0.39, 0.29) is 25.0 Å². The Morgan fingerprint density at radius 2 is 1.06 bits per heavy atom. The second-order valence-electron chi connectivity index (χ2n) is 7.24. The van der Waals surface area contributed by atoms with Gasteiger partial charge >= 0.3 is 24.3 Å². The molecule has 0 amide bonds. The molecule has 0 bridgehead atoms. The van der Waals surface area contributed by atoms with Gasteiger partial charge in [0.15, 0.2) is 0 Å². The van der Waals surface area contributed by atoms with E-state index in [1.165, 1.54) is 54.2 Å². The van der Waals surface area contributed by atoms with Gasteiger partial charge in [-0.05, 0) is 64.8 Å². The van der Waals surface area contributed by atoms with Crippen molar-refractivity contribution in [2.45, 2.75) is 34.6 Å². The fraction of sp³-hybridized carbons (Fsp3) is 0.409. The molecule has 173 valence electrons. The van der Waals surface area contributed by atoms with Crippen LogP contribution in [-0.2, 0) is 17.1 Å². The van der Waals surface area contributed by atoms with Gasteiger partial charge in [0.25, 0.3) is 0 Å². The van der Waals surface area contributed by atoms with Crippen LogP contribution in [0.25, 0.3) is 0 Å². The van der Waals surface area contributed by atoms with E-state index in [2.05, 4.69) is 71.3 Å². The molecule has 3 rings (SSSR count). The molecule has 0 saturated heterocycles. The second kappa shape index (κ2) is 15.5. The first-order valence-electron chi connectivity index (χ1n) is 9.96. The van der Waals surface area contributed by atoms with Crippen LogP contribution in [0.15, 0.2) is 36.7 Å². The molecule has 5 radical (unpaired) electrons. The van der Waals surface area contributed by atoms with Gasteiger partial charge in [0.2, 0.25) is 0 Å². The molecule has 1 fully saturated rings. The first-order chi connectivity index (χ1) is 14.0. The van der Waals surface area contributed by atoms with Crippen molar-refractivity contribution in [3.63, 3.8) is 0 Å². The van der Waals surface area contributed by atoms with Gasteiger partial charge in [0, 0.05) is 0 Å². The van der Waals surface area contributed by atoms with E-state index in [0.29, 0.717) is 0 Å². The Labute approximate surface area is 202 Å². The van der Waals surface area contributed by atoms with E-state index in [0.717, 1.165) is 17.2 Å². The summed E-state index contributed by atoms with van der Waals surface area (Å²) in [6.07, 6.45) is 5.55. The Bertz CT molecular complexity index is 568. The fourth-order valence-corrected chi connectivity index (χ4v) is 8.99. The molecule has 2 atom stereocenters. The van der Waals surface area contributed by atoms with Crippen molar-refractivity contribution in [1.29, 1.82) is 0 Å². The maximum atomic E-state index is 9.75. The van der Waals surface area contributed by atoms with Gasteiger partial charge in [-0.3, -0.25) is 0 Å². The summed E-state index contributed by atoms with van der Waals surface area (Å²) in [6.45, 7) is 15.0. The summed E-state index contributed by atoms with van der Waals surface area (Å²) in [5, 5.41) is 3.24. The summed E-state index contributed by atoms with van der Waals surface area (Å²) >= 11 is 0. The Morgan fingerprint density at radius 1 is 0.774 bits per heavy atom. The van der Waals surface area contributed by atoms with Gasteiger partial charge < -0.3 is 17.3 Å². The Morgan fingerprint density at radius 3 is 1.32 bits per heavy atom. The number of benzene rings is 1. The molecule has 2 unspecified atom stereocenters. The number of rotatable bonds is 1. The van der Waals surface area contributed by atoms with E-state index in [1.807, 2.05) is 0 Å². The molecule has 0 N–H and O–H groups in total. The van der Waals surface area contributed by atoms with Gasteiger partial charge in [-0.2, -0.15) is 0 Å². The summed E-state index contributed by atoms with van der Waals surface area (Å²) in [7, 11) is -3.81. The molecule has 31 heavy (non-hydrogen) atoms. The zero-order valence-electron chi connectivity index (χ0n) is 18.8. The van der Waals surface area contributed by atoms with E-state index in [4.69, 9.17) is 0 Å². The number of halogens is 4. The average Bonchev–Trinajstić information content (AvgIpc) is 2.92. The summed E-state index contributed by atoms with van der Waals surface area (Å²) in [6, 6.07) is 9.01. The first kappa shape index (κ1) is 31.6. The summed E-state index contributed by atoms with van der Waals surface area (Å²) in [4.78, 5) is 0. The molecule has 0 spiro atoms. The molecule has 1 saturated carbocycles. The van der Waals surface area contributed by atoms with Gasteiger partial charge in [-0.25, -0.2) is 0 Å². The molecule has 1 aliphatic heterocycles. The smallest absolute Gasteiger partial charge is 0.418 e. The Kier molecular flexibility index (Phi) is 15.7. The predicted octanol–water partition coefficient (Wildman–Crippen LogP) is 7.20. The molecule has 1 aliphatic carbocycles. The van der Waals surface area contributed by atoms with Crippen molar-refractivity contribution < 1.29 is 34.3 Å². The van der Waals surface area contributed by atoms with E-state index in [9.17, 15) is 17.3 Å². The van der Waals surface area contributed by atoms with Crippen LogP contribution >= 0.6 is 25.1 Å². The van der Waals surface area contributed by atoms with Crippen LogP contribution in [0.1, 0.15) is 34.6 Å². The predicted molar refractivity (Wildman–Crippen MR) is 134 cm³/mol. The van der Waals surface area contributed by atoms with Crippen molar-refractivity contribution >= 4 is 42.9 Å². The molecular weight excluding hydrogens is 500 g/mol. The molecular formula is C22H32BF4FeP3+. The topological polar surface area (TPSA) is 0 Å². The largest absolute Gasteiger partial charge is 2.00 e. The molecule has 1 heterocycles. The summed E-state index contributed by atoms with van der Waals surface area (Å²) < 4.78 is 39.0. The molecule has 1 aromatic rings. The fourth-order valence-electron chi connectivity index (χ4n) is 3.16.